The van der Waals surface area contributed by atoms with Crippen molar-refractivity contribution in [3.05, 3.63) is 47.1 Å². The summed E-state index contributed by atoms with van der Waals surface area (Å²) in [4.78, 5) is 44.4. The summed E-state index contributed by atoms with van der Waals surface area (Å²) in [6.07, 6.45) is 7.16. The monoisotopic (exact) mass is 520 g/mol. The third kappa shape index (κ3) is 4.95. The number of fused-ring (bicyclic) bond motifs is 1. The first kappa shape index (κ1) is 24.7. The lowest BCUT2D eigenvalue weighted by atomic mass is 9.91. The molecule has 3 aliphatic rings. The number of carbonyl (C=O) groups is 2. The van der Waals surface area contributed by atoms with Crippen molar-refractivity contribution < 1.29 is 19.4 Å². The number of anilines is 1. The molecule has 2 aliphatic heterocycles. The Kier molecular flexibility index (Phi) is 6.48. The van der Waals surface area contributed by atoms with E-state index in [1.54, 1.807) is 16.8 Å². The number of nitrogens with one attached hydrogen (secondary N) is 1. The highest BCUT2D eigenvalue weighted by Crippen LogP contribution is 2.33. The van der Waals surface area contributed by atoms with Crippen LogP contribution in [0.25, 0.3) is 16.7 Å². The molecule has 3 aromatic rings. The van der Waals surface area contributed by atoms with E-state index in [0.29, 0.717) is 61.6 Å². The average molecular weight is 521 g/mol. The van der Waals surface area contributed by atoms with Crippen LogP contribution in [-0.2, 0) is 20.9 Å². The predicted molar refractivity (Wildman–Crippen MR) is 139 cm³/mol. The Hall–Kier alpha value is -3.57. The summed E-state index contributed by atoms with van der Waals surface area (Å²) in [6.45, 7) is 2.33. The molecule has 0 radical (unpaired) electrons. The smallest absolute Gasteiger partial charge is 0.264 e. The van der Waals surface area contributed by atoms with Crippen LogP contribution in [0.3, 0.4) is 0 Å². The largest absolute Gasteiger partial charge is 0.388 e. The zero-order valence-electron chi connectivity index (χ0n) is 21.2. The molecule has 0 unspecified atom stereocenters. The van der Waals surface area contributed by atoms with Gasteiger partial charge in [-0.3, -0.25) is 19.0 Å². The SMILES string of the molecule is O=C(Nc1ccc(-n2ncc3c(=O)n(CC4(O)CCN(C(=O)C5CC5)CC4)cnc32)cc1)C1CCOCC1. The summed E-state index contributed by atoms with van der Waals surface area (Å²) in [5.74, 6) is 0.309. The lowest BCUT2D eigenvalue weighted by Crippen LogP contribution is -2.50. The minimum atomic E-state index is -1.07. The van der Waals surface area contributed by atoms with Crippen molar-refractivity contribution in [3.8, 4) is 5.69 Å². The minimum absolute atomic E-state index is 0.00496. The van der Waals surface area contributed by atoms with Crippen molar-refractivity contribution in [1.82, 2.24) is 24.2 Å². The average Bonchev–Trinajstić information content (AvgIpc) is 3.70. The van der Waals surface area contributed by atoms with Crippen LogP contribution in [0.4, 0.5) is 5.69 Å². The van der Waals surface area contributed by atoms with Gasteiger partial charge in [-0.25, -0.2) is 9.67 Å². The van der Waals surface area contributed by atoms with E-state index in [2.05, 4.69) is 15.4 Å². The molecule has 3 fully saturated rings. The van der Waals surface area contributed by atoms with Crippen molar-refractivity contribution in [2.75, 3.05) is 31.6 Å². The number of ether oxygens (including phenoxy) is 1. The Morgan fingerprint density at radius 3 is 2.45 bits per heavy atom. The number of carbonyl (C=O) groups excluding carboxylic acids is 2. The lowest BCUT2D eigenvalue weighted by molar-refractivity contribution is -0.137. The Morgan fingerprint density at radius 2 is 1.76 bits per heavy atom. The maximum atomic E-state index is 13.2. The van der Waals surface area contributed by atoms with Crippen molar-refractivity contribution in [2.45, 2.75) is 50.7 Å². The van der Waals surface area contributed by atoms with Gasteiger partial charge >= 0.3 is 0 Å². The highest BCUT2D eigenvalue weighted by Gasteiger charge is 2.39. The summed E-state index contributed by atoms with van der Waals surface area (Å²) < 4.78 is 8.34. The van der Waals surface area contributed by atoms with Gasteiger partial charge in [-0.05, 0) is 62.8 Å². The van der Waals surface area contributed by atoms with Gasteiger partial charge < -0.3 is 20.1 Å². The van der Waals surface area contributed by atoms with E-state index >= 15 is 0 Å². The molecule has 2 aromatic heterocycles. The molecule has 6 rings (SSSR count). The van der Waals surface area contributed by atoms with Gasteiger partial charge in [-0.2, -0.15) is 5.10 Å². The number of hydrogen-bond donors (Lipinski definition) is 2. The molecular formula is C27H32N6O5. The summed E-state index contributed by atoms with van der Waals surface area (Å²) in [6, 6.07) is 7.24. The molecule has 0 spiro atoms. The number of nitrogens with zero attached hydrogens (tertiary/aromatic N) is 5. The molecule has 1 saturated carbocycles. The van der Waals surface area contributed by atoms with Gasteiger partial charge in [0.25, 0.3) is 5.56 Å². The summed E-state index contributed by atoms with van der Waals surface area (Å²) in [5, 5.41) is 18.8. The first-order valence-corrected chi connectivity index (χ1v) is 13.3. The van der Waals surface area contributed by atoms with Crippen LogP contribution in [0, 0.1) is 11.8 Å². The number of amides is 2. The molecule has 38 heavy (non-hydrogen) atoms. The molecule has 11 heteroatoms. The number of likely N-dealkylation sites (tertiary alicyclic amines) is 1. The van der Waals surface area contributed by atoms with E-state index in [1.807, 2.05) is 17.0 Å². The third-order valence-corrected chi connectivity index (χ3v) is 7.92. The van der Waals surface area contributed by atoms with Gasteiger partial charge in [0.2, 0.25) is 11.8 Å². The number of aliphatic hydroxyl groups is 1. The molecule has 2 N–H and O–H groups in total. The molecule has 200 valence electrons. The molecule has 0 bridgehead atoms. The summed E-state index contributed by atoms with van der Waals surface area (Å²) in [5.41, 5.74) is 0.476. The van der Waals surface area contributed by atoms with Crippen molar-refractivity contribution in [3.63, 3.8) is 0 Å². The number of benzene rings is 1. The van der Waals surface area contributed by atoms with Crippen LogP contribution in [0.2, 0.25) is 0 Å². The Balaban J connectivity index is 1.14. The number of hydrogen-bond acceptors (Lipinski definition) is 7. The van der Waals surface area contributed by atoms with Gasteiger partial charge in [0.1, 0.15) is 11.7 Å². The van der Waals surface area contributed by atoms with E-state index in [-0.39, 0.29) is 35.8 Å². The fourth-order valence-corrected chi connectivity index (χ4v) is 5.35. The molecule has 2 amide bonds. The van der Waals surface area contributed by atoms with Gasteiger partial charge in [0, 0.05) is 43.8 Å². The molecule has 1 aliphatic carbocycles. The second kappa shape index (κ2) is 9.95. The maximum absolute atomic E-state index is 13.2. The van der Waals surface area contributed by atoms with Crippen molar-refractivity contribution >= 4 is 28.5 Å². The third-order valence-electron chi connectivity index (χ3n) is 7.92. The van der Waals surface area contributed by atoms with E-state index in [4.69, 9.17) is 4.74 Å². The Bertz CT molecular complexity index is 1400. The number of rotatable bonds is 6. The topological polar surface area (TPSA) is 132 Å². The normalized spacial score (nSPS) is 20.0. The standard InChI is InChI=1S/C27H32N6O5/c34-24(18-7-13-38-14-8-18)30-20-3-5-21(6-4-20)33-23-22(15-29-33)26(36)32(17-28-23)16-27(37)9-11-31(12-10-27)25(35)19-1-2-19/h3-6,15,17-19,37H,1-2,7-14,16H2,(H,30,34). The van der Waals surface area contributed by atoms with Crippen LogP contribution in [0.1, 0.15) is 38.5 Å². The van der Waals surface area contributed by atoms with E-state index < -0.39 is 5.60 Å². The van der Waals surface area contributed by atoms with E-state index in [0.717, 1.165) is 25.7 Å². The van der Waals surface area contributed by atoms with Crippen LogP contribution >= 0.6 is 0 Å². The fraction of sp³-hybridized carbons (Fsp3) is 0.519. The zero-order chi connectivity index (χ0) is 26.3. The zero-order valence-corrected chi connectivity index (χ0v) is 21.2. The quantitative estimate of drug-likeness (QED) is 0.506. The highest BCUT2D eigenvalue weighted by molar-refractivity contribution is 5.92. The second-order valence-electron chi connectivity index (χ2n) is 10.7. The van der Waals surface area contributed by atoms with E-state index in [1.165, 1.54) is 17.1 Å². The van der Waals surface area contributed by atoms with Crippen LogP contribution in [0.15, 0.2) is 41.6 Å². The Morgan fingerprint density at radius 1 is 1.05 bits per heavy atom. The first-order chi connectivity index (χ1) is 18.4. The van der Waals surface area contributed by atoms with Crippen molar-refractivity contribution in [2.24, 2.45) is 11.8 Å². The lowest BCUT2D eigenvalue weighted by Gasteiger charge is -2.38. The molecule has 4 heterocycles. The fourth-order valence-electron chi connectivity index (χ4n) is 5.35. The predicted octanol–water partition coefficient (Wildman–Crippen LogP) is 1.71. The van der Waals surface area contributed by atoms with Gasteiger partial charge in [0.15, 0.2) is 5.65 Å². The molecular weight excluding hydrogens is 488 g/mol. The van der Waals surface area contributed by atoms with Gasteiger partial charge in [0.05, 0.1) is 24.0 Å². The number of piperidine rings is 1. The van der Waals surface area contributed by atoms with Crippen LogP contribution in [0.5, 0.6) is 0 Å². The maximum Gasteiger partial charge on any atom is 0.264 e. The van der Waals surface area contributed by atoms with Gasteiger partial charge in [-0.1, -0.05) is 0 Å². The summed E-state index contributed by atoms with van der Waals surface area (Å²) >= 11 is 0. The molecule has 11 nitrogen and oxygen atoms in total. The van der Waals surface area contributed by atoms with Gasteiger partial charge in [-0.15, -0.1) is 0 Å². The minimum Gasteiger partial charge on any atom is -0.388 e. The second-order valence-corrected chi connectivity index (χ2v) is 10.7. The Labute approximate surface area is 219 Å². The first-order valence-electron chi connectivity index (χ1n) is 13.3. The van der Waals surface area contributed by atoms with Crippen LogP contribution < -0.4 is 10.9 Å². The highest BCUT2D eigenvalue weighted by atomic mass is 16.5. The number of aromatic nitrogens is 4. The summed E-state index contributed by atoms with van der Waals surface area (Å²) in [7, 11) is 0. The molecule has 0 atom stereocenters. The van der Waals surface area contributed by atoms with Crippen LogP contribution in [-0.4, -0.2) is 73.1 Å². The van der Waals surface area contributed by atoms with E-state index in [9.17, 15) is 19.5 Å². The molecule has 2 saturated heterocycles. The van der Waals surface area contributed by atoms with Crippen molar-refractivity contribution in [1.29, 1.82) is 0 Å². The molecule has 1 aromatic carbocycles.